The predicted molar refractivity (Wildman–Crippen MR) is 226 cm³/mol. The standard InChI is InChI=1S/3C13H10Cl2N2O/c3*14-9-5-1-2-7-11(9)17-13(18)8-4-3-6-10(16)12(8)15/h3*1-7H,16H2,(H,17,18). The van der Waals surface area contributed by atoms with Crippen molar-refractivity contribution in [3.63, 3.8) is 0 Å². The van der Waals surface area contributed by atoms with Crippen LogP contribution in [0.25, 0.3) is 0 Å². The summed E-state index contributed by atoms with van der Waals surface area (Å²) in [6.45, 7) is 0. The van der Waals surface area contributed by atoms with Crippen LogP contribution in [0.3, 0.4) is 0 Å². The van der Waals surface area contributed by atoms with Crippen LogP contribution in [0, 0.1) is 0 Å². The maximum Gasteiger partial charge on any atom is 0.257 e. The molecule has 0 bridgehead atoms. The molecule has 6 rings (SSSR count). The van der Waals surface area contributed by atoms with Crippen molar-refractivity contribution in [2.45, 2.75) is 0 Å². The van der Waals surface area contributed by atoms with Gasteiger partial charge in [-0.2, -0.15) is 0 Å². The highest BCUT2D eigenvalue weighted by Crippen LogP contribution is 2.29. The molecule has 0 saturated carbocycles. The molecule has 0 aliphatic heterocycles. The van der Waals surface area contributed by atoms with Crippen molar-refractivity contribution >= 4 is 121 Å². The van der Waals surface area contributed by atoms with Crippen molar-refractivity contribution in [3.05, 3.63) is 174 Å². The average Bonchev–Trinajstić information content (AvgIpc) is 3.15. The highest BCUT2D eigenvalue weighted by atomic mass is 35.5. The Morgan fingerprint density at radius 3 is 0.833 bits per heavy atom. The van der Waals surface area contributed by atoms with E-state index in [1.807, 2.05) is 0 Å². The Hall–Kier alpha value is -5.13. The minimum absolute atomic E-state index is 0.238. The Morgan fingerprint density at radius 2 is 0.593 bits per heavy atom. The smallest absolute Gasteiger partial charge is 0.257 e. The summed E-state index contributed by atoms with van der Waals surface area (Å²) in [5.74, 6) is -1.04. The highest BCUT2D eigenvalue weighted by Gasteiger charge is 2.15. The molecule has 6 aromatic rings. The zero-order valence-corrected chi connectivity index (χ0v) is 32.4. The molecule has 6 aromatic carbocycles. The quantitative estimate of drug-likeness (QED) is 0.0913. The van der Waals surface area contributed by atoms with E-state index in [9.17, 15) is 14.4 Å². The second kappa shape index (κ2) is 19.8. The van der Waals surface area contributed by atoms with Crippen LogP contribution >= 0.6 is 69.6 Å². The topological polar surface area (TPSA) is 165 Å². The number of hydrogen-bond donors (Lipinski definition) is 6. The molecule has 0 radical (unpaired) electrons. The maximum absolute atomic E-state index is 12.0. The second-order valence-corrected chi connectivity index (χ2v) is 13.3. The molecular formula is C39H30Cl6N6O3. The zero-order chi connectivity index (χ0) is 39.4. The number of hydrogen-bond acceptors (Lipinski definition) is 6. The van der Waals surface area contributed by atoms with E-state index in [-0.39, 0.29) is 32.8 Å². The van der Waals surface area contributed by atoms with E-state index in [4.69, 9.17) is 86.8 Å². The fraction of sp³-hybridized carbons (Fsp3) is 0. The zero-order valence-electron chi connectivity index (χ0n) is 27.8. The number of para-hydroxylation sites is 3. The summed E-state index contributed by atoms with van der Waals surface area (Å²) >= 11 is 35.8. The molecule has 9 N–H and O–H groups in total. The van der Waals surface area contributed by atoms with Gasteiger partial charge in [0.05, 0.1) is 81.0 Å². The van der Waals surface area contributed by atoms with Crippen molar-refractivity contribution in [2.75, 3.05) is 33.2 Å². The minimum atomic E-state index is -0.347. The molecule has 276 valence electrons. The van der Waals surface area contributed by atoms with Crippen LogP contribution in [0.2, 0.25) is 30.1 Å². The van der Waals surface area contributed by atoms with E-state index < -0.39 is 0 Å². The first-order chi connectivity index (χ1) is 25.8. The summed E-state index contributed by atoms with van der Waals surface area (Å²) in [6.07, 6.45) is 0. The third kappa shape index (κ3) is 11.2. The fourth-order valence-corrected chi connectivity index (χ4v) is 5.62. The molecule has 15 heteroatoms. The summed E-state index contributed by atoms with van der Waals surface area (Å²) in [7, 11) is 0. The molecule has 9 nitrogen and oxygen atoms in total. The molecule has 0 spiro atoms. The van der Waals surface area contributed by atoms with Gasteiger partial charge in [-0.15, -0.1) is 0 Å². The molecule has 0 atom stereocenters. The fourth-order valence-electron chi connectivity index (χ4n) is 4.43. The van der Waals surface area contributed by atoms with Crippen LogP contribution in [0.5, 0.6) is 0 Å². The van der Waals surface area contributed by atoms with Gasteiger partial charge < -0.3 is 33.2 Å². The van der Waals surface area contributed by atoms with Gasteiger partial charge in [0.25, 0.3) is 17.7 Å². The molecule has 54 heavy (non-hydrogen) atoms. The summed E-state index contributed by atoms with van der Waals surface area (Å²) in [6, 6.07) is 35.6. The van der Waals surface area contributed by atoms with Gasteiger partial charge in [0.2, 0.25) is 0 Å². The van der Waals surface area contributed by atoms with Crippen molar-refractivity contribution < 1.29 is 14.4 Å². The lowest BCUT2D eigenvalue weighted by Gasteiger charge is -2.09. The van der Waals surface area contributed by atoms with E-state index in [0.29, 0.717) is 65.9 Å². The number of amides is 3. The molecular weight excluding hydrogens is 813 g/mol. The van der Waals surface area contributed by atoms with E-state index in [1.54, 1.807) is 127 Å². The van der Waals surface area contributed by atoms with Gasteiger partial charge in [-0.05, 0) is 72.8 Å². The number of nitrogen functional groups attached to an aromatic ring is 3. The van der Waals surface area contributed by atoms with E-state index >= 15 is 0 Å². The summed E-state index contributed by atoms with van der Waals surface area (Å²) < 4.78 is 0. The molecule has 0 fully saturated rings. The van der Waals surface area contributed by atoms with Gasteiger partial charge in [0.1, 0.15) is 0 Å². The number of rotatable bonds is 6. The average molecular weight is 843 g/mol. The normalized spacial score (nSPS) is 10.1. The van der Waals surface area contributed by atoms with Crippen molar-refractivity contribution in [1.82, 2.24) is 0 Å². The van der Waals surface area contributed by atoms with Gasteiger partial charge in [-0.3, -0.25) is 14.4 Å². The van der Waals surface area contributed by atoms with Crippen LogP contribution in [0.1, 0.15) is 31.1 Å². The summed E-state index contributed by atoms with van der Waals surface area (Å²) in [4.78, 5) is 36.1. The molecule has 3 amide bonds. The lowest BCUT2D eigenvalue weighted by atomic mass is 10.2. The number of halogens is 6. The maximum atomic E-state index is 12.0. The van der Waals surface area contributed by atoms with Crippen molar-refractivity contribution in [2.24, 2.45) is 0 Å². The van der Waals surface area contributed by atoms with Crippen LogP contribution in [-0.4, -0.2) is 17.7 Å². The van der Waals surface area contributed by atoms with Gasteiger partial charge in [0, 0.05) is 0 Å². The molecule has 0 unspecified atom stereocenters. The number of nitrogens with one attached hydrogen (secondary N) is 3. The predicted octanol–water partition coefficient (Wildman–Crippen LogP) is 11.5. The van der Waals surface area contributed by atoms with E-state index in [2.05, 4.69) is 16.0 Å². The van der Waals surface area contributed by atoms with Crippen LogP contribution in [0.4, 0.5) is 34.1 Å². The Morgan fingerprint density at radius 1 is 0.352 bits per heavy atom. The van der Waals surface area contributed by atoms with Crippen LogP contribution in [0.15, 0.2) is 127 Å². The molecule has 0 aliphatic carbocycles. The van der Waals surface area contributed by atoms with E-state index in [1.165, 1.54) is 0 Å². The van der Waals surface area contributed by atoms with Crippen LogP contribution in [-0.2, 0) is 0 Å². The SMILES string of the molecule is Nc1cccc(C(=O)Nc2ccccc2Cl)c1Cl.Nc1cccc(C(=O)Nc2ccccc2Cl)c1Cl.Nc1cccc(C(=O)Nc2ccccc2Cl)c1Cl. The van der Waals surface area contributed by atoms with Crippen molar-refractivity contribution in [3.8, 4) is 0 Å². The minimum Gasteiger partial charge on any atom is -0.398 e. The third-order valence-electron chi connectivity index (χ3n) is 7.19. The number of benzene rings is 6. The largest absolute Gasteiger partial charge is 0.398 e. The lowest BCUT2D eigenvalue weighted by Crippen LogP contribution is -2.13. The Kier molecular flexibility index (Phi) is 15.3. The molecule has 0 aliphatic rings. The molecule has 0 aromatic heterocycles. The Balaban J connectivity index is 0.000000180. The Labute approximate surface area is 341 Å². The third-order valence-corrected chi connectivity index (χ3v) is 9.44. The Bertz CT molecular complexity index is 2050. The molecule has 0 saturated heterocycles. The number of nitrogens with two attached hydrogens (primary N) is 3. The van der Waals surface area contributed by atoms with Crippen LogP contribution < -0.4 is 33.2 Å². The van der Waals surface area contributed by atoms with Gasteiger partial charge in [0.15, 0.2) is 0 Å². The first-order valence-electron chi connectivity index (χ1n) is 15.6. The highest BCUT2D eigenvalue weighted by molar-refractivity contribution is 6.39. The van der Waals surface area contributed by atoms with E-state index in [0.717, 1.165) is 0 Å². The number of anilines is 6. The van der Waals surface area contributed by atoms with Gasteiger partial charge >= 0.3 is 0 Å². The number of carbonyl (C=O) groups is 3. The van der Waals surface area contributed by atoms with Gasteiger partial charge in [-0.25, -0.2) is 0 Å². The number of carbonyl (C=O) groups excluding carboxylic acids is 3. The summed E-state index contributed by atoms with van der Waals surface area (Å²) in [5.41, 5.74) is 20.6. The summed E-state index contributed by atoms with van der Waals surface area (Å²) in [5, 5.41) is 10.2. The molecule has 0 heterocycles. The van der Waals surface area contributed by atoms with Crippen molar-refractivity contribution in [1.29, 1.82) is 0 Å². The second-order valence-electron chi connectivity index (χ2n) is 10.9. The monoisotopic (exact) mass is 840 g/mol. The first-order valence-corrected chi connectivity index (χ1v) is 17.8. The lowest BCUT2D eigenvalue weighted by molar-refractivity contribution is 0.101. The first kappa shape index (κ1) is 41.6. The van der Waals surface area contributed by atoms with Gasteiger partial charge in [-0.1, -0.05) is 124 Å².